The van der Waals surface area contributed by atoms with Gasteiger partial charge in [0, 0.05) is 8.95 Å². The average Bonchev–Trinajstić information content (AvgIpc) is 2.42. The zero-order valence-corrected chi connectivity index (χ0v) is 13.3. The van der Waals surface area contributed by atoms with E-state index in [1.165, 1.54) is 0 Å². The molecule has 0 bridgehead atoms. The van der Waals surface area contributed by atoms with E-state index in [9.17, 15) is 4.79 Å². The van der Waals surface area contributed by atoms with Gasteiger partial charge in [0.1, 0.15) is 5.75 Å². The highest BCUT2D eigenvalue weighted by Crippen LogP contribution is 2.26. The van der Waals surface area contributed by atoms with Crippen LogP contribution in [0.2, 0.25) is 0 Å². The molecule has 0 aliphatic rings. The van der Waals surface area contributed by atoms with E-state index in [2.05, 4.69) is 37.2 Å². The Labute approximate surface area is 128 Å². The first-order valence-corrected chi connectivity index (χ1v) is 7.10. The minimum Gasteiger partial charge on any atom is -0.495 e. The SMILES string of the molecule is COc1ccccc1NC(=O)c1cc(Br)ccc1Br. The lowest BCUT2D eigenvalue weighted by atomic mass is 10.2. The first-order chi connectivity index (χ1) is 9.11. The Balaban J connectivity index is 2.28. The Bertz CT molecular complexity index is 614. The number of benzene rings is 2. The van der Waals surface area contributed by atoms with Gasteiger partial charge in [0.15, 0.2) is 0 Å². The largest absolute Gasteiger partial charge is 0.495 e. The molecule has 0 spiro atoms. The van der Waals surface area contributed by atoms with Crippen molar-refractivity contribution in [2.24, 2.45) is 0 Å². The van der Waals surface area contributed by atoms with Gasteiger partial charge in [-0.2, -0.15) is 0 Å². The smallest absolute Gasteiger partial charge is 0.256 e. The summed E-state index contributed by atoms with van der Waals surface area (Å²) in [5.74, 6) is 0.430. The van der Waals surface area contributed by atoms with Crippen molar-refractivity contribution in [1.82, 2.24) is 0 Å². The number of nitrogens with one attached hydrogen (secondary N) is 1. The van der Waals surface area contributed by atoms with Crippen molar-refractivity contribution in [3.05, 3.63) is 57.0 Å². The predicted molar refractivity (Wildman–Crippen MR) is 82.8 cm³/mol. The molecular formula is C14H11Br2NO2. The van der Waals surface area contributed by atoms with Crippen LogP contribution in [0.5, 0.6) is 5.75 Å². The number of hydrogen-bond acceptors (Lipinski definition) is 2. The molecule has 0 atom stereocenters. The van der Waals surface area contributed by atoms with Crippen LogP contribution in [0.3, 0.4) is 0 Å². The van der Waals surface area contributed by atoms with Gasteiger partial charge in [-0.3, -0.25) is 4.79 Å². The van der Waals surface area contributed by atoms with Crippen LogP contribution in [0.15, 0.2) is 51.4 Å². The predicted octanol–water partition coefficient (Wildman–Crippen LogP) is 4.47. The highest BCUT2D eigenvalue weighted by molar-refractivity contribution is 9.11. The summed E-state index contributed by atoms with van der Waals surface area (Å²) in [4.78, 5) is 12.2. The molecule has 2 aromatic rings. The molecule has 19 heavy (non-hydrogen) atoms. The van der Waals surface area contributed by atoms with E-state index in [0.29, 0.717) is 17.0 Å². The molecule has 0 saturated carbocycles. The maximum absolute atomic E-state index is 12.2. The number of para-hydroxylation sites is 2. The van der Waals surface area contributed by atoms with Gasteiger partial charge in [-0.15, -0.1) is 0 Å². The molecule has 3 nitrogen and oxygen atoms in total. The van der Waals surface area contributed by atoms with Gasteiger partial charge < -0.3 is 10.1 Å². The normalized spacial score (nSPS) is 10.1. The van der Waals surface area contributed by atoms with E-state index in [1.54, 1.807) is 25.3 Å². The van der Waals surface area contributed by atoms with Gasteiger partial charge in [0.05, 0.1) is 18.4 Å². The highest BCUT2D eigenvalue weighted by atomic mass is 79.9. The number of amides is 1. The first-order valence-electron chi connectivity index (χ1n) is 5.51. The fraction of sp³-hybridized carbons (Fsp3) is 0.0714. The van der Waals surface area contributed by atoms with Crippen molar-refractivity contribution in [2.45, 2.75) is 0 Å². The monoisotopic (exact) mass is 383 g/mol. The van der Waals surface area contributed by atoms with E-state index >= 15 is 0 Å². The number of carbonyl (C=O) groups excluding carboxylic acids is 1. The lowest BCUT2D eigenvalue weighted by Crippen LogP contribution is -2.13. The number of ether oxygens (including phenoxy) is 1. The summed E-state index contributed by atoms with van der Waals surface area (Å²) in [7, 11) is 1.57. The van der Waals surface area contributed by atoms with Crippen LogP contribution in [0.25, 0.3) is 0 Å². The Morgan fingerprint density at radius 1 is 1.16 bits per heavy atom. The Kier molecular flexibility index (Phi) is 4.61. The minimum atomic E-state index is -0.197. The third-order valence-electron chi connectivity index (χ3n) is 2.53. The zero-order valence-electron chi connectivity index (χ0n) is 10.1. The maximum Gasteiger partial charge on any atom is 0.256 e. The quantitative estimate of drug-likeness (QED) is 0.847. The summed E-state index contributed by atoms with van der Waals surface area (Å²) < 4.78 is 6.79. The van der Waals surface area contributed by atoms with Gasteiger partial charge >= 0.3 is 0 Å². The number of halogens is 2. The van der Waals surface area contributed by atoms with E-state index in [-0.39, 0.29) is 5.91 Å². The highest BCUT2D eigenvalue weighted by Gasteiger charge is 2.12. The summed E-state index contributed by atoms with van der Waals surface area (Å²) in [6, 6.07) is 12.7. The molecule has 0 aromatic heterocycles. The summed E-state index contributed by atoms with van der Waals surface area (Å²) in [6.07, 6.45) is 0. The van der Waals surface area contributed by atoms with Crippen LogP contribution in [-0.4, -0.2) is 13.0 Å². The van der Waals surface area contributed by atoms with Crippen LogP contribution < -0.4 is 10.1 Å². The van der Waals surface area contributed by atoms with Gasteiger partial charge in [-0.1, -0.05) is 28.1 Å². The molecular weight excluding hydrogens is 374 g/mol. The van der Waals surface area contributed by atoms with Crippen LogP contribution in [0, 0.1) is 0 Å². The van der Waals surface area contributed by atoms with Gasteiger partial charge in [0.25, 0.3) is 5.91 Å². The van der Waals surface area contributed by atoms with Crippen LogP contribution in [0.4, 0.5) is 5.69 Å². The van der Waals surface area contributed by atoms with Crippen molar-refractivity contribution < 1.29 is 9.53 Å². The van der Waals surface area contributed by atoms with E-state index in [0.717, 1.165) is 8.95 Å². The number of hydrogen-bond donors (Lipinski definition) is 1. The first kappa shape index (κ1) is 14.1. The molecule has 98 valence electrons. The molecule has 0 unspecified atom stereocenters. The van der Waals surface area contributed by atoms with Crippen molar-refractivity contribution in [3.63, 3.8) is 0 Å². The molecule has 1 amide bonds. The summed E-state index contributed by atoms with van der Waals surface area (Å²) in [5, 5.41) is 2.83. The third kappa shape index (κ3) is 3.36. The number of rotatable bonds is 3. The molecule has 0 aliphatic heterocycles. The second-order valence-corrected chi connectivity index (χ2v) is 5.55. The van der Waals surface area contributed by atoms with Crippen molar-refractivity contribution in [1.29, 1.82) is 0 Å². The van der Waals surface area contributed by atoms with Crippen LogP contribution in [-0.2, 0) is 0 Å². The zero-order chi connectivity index (χ0) is 13.8. The summed E-state index contributed by atoms with van der Waals surface area (Å²) >= 11 is 6.72. The molecule has 0 aliphatic carbocycles. The number of carbonyl (C=O) groups is 1. The molecule has 0 radical (unpaired) electrons. The lowest BCUT2D eigenvalue weighted by Gasteiger charge is -2.10. The lowest BCUT2D eigenvalue weighted by molar-refractivity contribution is 0.102. The van der Waals surface area contributed by atoms with E-state index in [4.69, 9.17) is 4.74 Å². The van der Waals surface area contributed by atoms with Crippen molar-refractivity contribution in [2.75, 3.05) is 12.4 Å². The second-order valence-electron chi connectivity index (χ2n) is 3.78. The van der Waals surface area contributed by atoms with Crippen molar-refractivity contribution >= 4 is 43.5 Å². The standard InChI is InChI=1S/C14H11Br2NO2/c1-19-13-5-3-2-4-12(13)17-14(18)10-8-9(15)6-7-11(10)16/h2-8H,1H3,(H,17,18). The van der Waals surface area contributed by atoms with Crippen LogP contribution >= 0.6 is 31.9 Å². The minimum absolute atomic E-state index is 0.197. The third-order valence-corrected chi connectivity index (χ3v) is 3.71. The maximum atomic E-state index is 12.2. The molecule has 0 saturated heterocycles. The second kappa shape index (κ2) is 6.21. The Morgan fingerprint density at radius 3 is 2.63 bits per heavy atom. The molecule has 0 fully saturated rings. The summed E-state index contributed by atoms with van der Waals surface area (Å²) in [5.41, 5.74) is 1.20. The van der Waals surface area contributed by atoms with Gasteiger partial charge in [-0.05, 0) is 46.3 Å². The average molecular weight is 385 g/mol. The fourth-order valence-corrected chi connectivity index (χ4v) is 2.40. The molecule has 2 rings (SSSR count). The van der Waals surface area contributed by atoms with Gasteiger partial charge in [0.2, 0.25) is 0 Å². The van der Waals surface area contributed by atoms with Crippen LogP contribution in [0.1, 0.15) is 10.4 Å². The molecule has 0 heterocycles. The van der Waals surface area contributed by atoms with E-state index < -0.39 is 0 Å². The topological polar surface area (TPSA) is 38.3 Å². The van der Waals surface area contributed by atoms with Gasteiger partial charge in [-0.25, -0.2) is 0 Å². The fourth-order valence-electron chi connectivity index (χ4n) is 1.61. The Hall–Kier alpha value is -1.33. The summed E-state index contributed by atoms with van der Waals surface area (Å²) in [6.45, 7) is 0. The molecule has 5 heteroatoms. The number of anilines is 1. The number of methoxy groups -OCH3 is 1. The van der Waals surface area contributed by atoms with Crippen molar-refractivity contribution in [3.8, 4) is 5.75 Å². The van der Waals surface area contributed by atoms with E-state index in [1.807, 2.05) is 24.3 Å². The molecule has 1 N–H and O–H groups in total. The molecule has 2 aromatic carbocycles. The Morgan fingerprint density at radius 2 is 1.89 bits per heavy atom.